The average Bonchev–Trinajstić information content (AvgIpc) is 3.64. The normalized spacial score (nSPS) is 32.9. The van der Waals surface area contributed by atoms with Crippen molar-refractivity contribution in [2.75, 3.05) is 6.61 Å². The van der Waals surface area contributed by atoms with Gasteiger partial charge < -0.3 is 24.3 Å². The molecule has 2 aromatic rings. The van der Waals surface area contributed by atoms with Crippen molar-refractivity contribution >= 4 is 27.1 Å². The van der Waals surface area contributed by atoms with Crippen LogP contribution in [0.5, 0.6) is 0 Å². The molecule has 4 aliphatic rings. The van der Waals surface area contributed by atoms with Crippen LogP contribution in [0.3, 0.4) is 0 Å². The Labute approximate surface area is 398 Å². The first-order chi connectivity index (χ1) is 33.2. The lowest BCUT2D eigenvalue weighted by Crippen LogP contribution is -2.45. The number of fused-ring (bicyclic) bond motifs is 1. The zero-order valence-electron chi connectivity index (χ0n) is 48.4. The van der Waals surface area contributed by atoms with E-state index in [2.05, 4.69) is 134 Å². The second-order valence-electron chi connectivity index (χ2n) is 20.6. The number of hydrogen-bond acceptors (Lipinski definition) is 5. The van der Waals surface area contributed by atoms with Gasteiger partial charge >= 0.3 is 0 Å². The summed E-state index contributed by atoms with van der Waals surface area (Å²) >= 11 is 0. The lowest BCUT2D eigenvalue weighted by molar-refractivity contribution is 0.0436. The van der Waals surface area contributed by atoms with Gasteiger partial charge in [-0.25, -0.2) is 0 Å². The van der Waals surface area contributed by atoms with Crippen LogP contribution < -0.4 is 10.6 Å². The highest BCUT2D eigenvalue weighted by atomic mass is 31.1. The van der Waals surface area contributed by atoms with Crippen LogP contribution in [-0.4, -0.2) is 54.2 Å². The minimum absolute atomic E-state index is 0.102. The van der Waals surface area contributed by atoms with Gasteiger partial charge in [0.15, 0.2) is 8.32 Å². The van der Waals surface area contributed by atoms with Crippen LogP contribution >= 0.6 is 8.15 Å². The minimum atomic E-state index is -3.44. The third-order valence-corrected chi connectivity index (χ3v) is 21.2. The van der Waals surface area contributed by atoms with Crippen molar-refractivity contribution in [1.29, 1.82) is 0 Å². The summed E-state index contributed by atoms with van der Waals surface area (Å²) in [5.41, 5.74) is 1.72. The molecule has 0 heterocycles. The molecule has 0 unspecified atom stereocenters. The van der Waals surface area contributed by atoms with E-state index in [0.717, 1.165) is 62.2 Å². The van der Waals surface area contributed by atoms with Gasteiger partial charge in [-0.3, -0.25) is 0 Å². The molecule has 0 aliphatic heterocycles. The summed E-state index contributed by atoms with van der Waals surface area (Å²) in [5.74, 6) is -1.27. The molecule has 0 saturated heterocycles. The average molecular weight is 904 g/mol. The first-order valence-electron chi connectivity index (χ1n) is 27.7. The van der Waals surface area contributed by atoms with Crippen LogP contribution in [0.1, 0.15) is 132 Å². The van der Waals surface area contributed by atoms with Crippen molar-refractivity contribution in [3.8, 4) is 0 Å². The van der Waals surface area contributed by atoms with E-state index in [1.54, 1.807) is 6.08 Å². The van der Waals surface area contributed by atoms with E-state index in [1.807, 2.05) is 13.0 Å². The third-order valence-electron chi connectivity index (χ3n) is 14.7. The molecule has 346 valence electrons. The molecule has 9 atom stereocenters. The summed E-state index contributed by atoms with van der Waals surface area (Å²) in [5, 5.41) is 33.9. The quantitative estimate of drug-likeness (QED) is 0.112. The Kier molecular flexibility index (Phi) is 13.6. The van der Waals surface area contributed by atoms with Crippen molar-refractivity contribution in [3.05, 3.63) is 132 Å². The van der Waals surface area contributed by atoms with Crippen molar-refractivity contribution in [2.24, 2.45) is 35.0 Å². The predicted molar refractivity (Wildman–Crippen MR) is 271 cm³/mol. The van der Waals surface area contributed by atoms with E-state index < -0.39 is 60.7 Å². The van der Waals surface area contributed by atoms with Crippen LogP contribution in [0.25, 0.3) is 0 Å². The monoisotopic (exact) mass is 904 g/mol. The summed E-state index contributed by atoms with van der Waals surface area (Å²) in [6.45, 7) is 17.2. The smallest absolute Gasteiger partial charge is 0.192 e. The summed E-state index contributed by atoms with van der Waals surface area (Å²) in [7, 11) is -2.70. The zero-order valence-corrected chi connectivity index (χ0v) is 41.3. The molecule has 0 amide bonds. The lowest BCUT2D eigenvalue weighted by Gasteiger charge is -2.44. The Bertz CT molecular complexity index is 2230. The third kappa shape index (κ3) is 13.2. The number of aliphatic hydroxyl groups excluding tert-OH is 2. The molecule has 4 fully saturated rings. The van der Waals surface area contributed by atoms with Gasteiger partial charge in [-0.05, 0) is 135 Å². The highest BCUT2D eigenvalue weighted by Crippen LogP contribution is 2.59. The van der Waals surface area contributed by atoms with E-state index >= 15 is 0 Å². The molecule has 0 spiro atoms. The van der Waals surface area contributed by atoms with Gasteiger partial charge in [0.25, 0.3) is 0 Å². The molecular formula is C56H83O5PSi. The second-order valence-corrected chi connectivity index (χ2v) is 27.2. The zero-order chi connectivity index (χ0) is 53.8. The molecule has 63 heavy (non-hydrogen) atoms. The maximum absolute atomic E-state index is 11.0. The standard InChI is InChI=1S/C28H44O3.C28H39O2PSi/c1-18(9-10-19(2)27(4,5)31)24-13-14-25-21(8-7-15-28(24,25)6)11-12-22-16-23(29)17-26(30)20(22)3;1-22-20-24(23(2)27(21-22)30-32(6,7)28(3,4)5)18-19-29-31(25-14-10-8-11-15-25)26-16-12-9-13-17-26/h9-12,18-19,23-26,29-31H,3,7-8,13-17H2,1-2,4-6H3;8-18,22,27H,2,19-21H2,1,3-7H3/b10-9+,21-11+,22-12-;24-18-/t18-,19+,23+,24-,25+,26+,28-;22-,27-/m10/s1/i2D3,4D3,5D3;. The van der Waals surface area contributed by atoms with Gasteiger partial charge in [0.2, 0.25) is 0 Å². The van der Waals surface area contributed by atoms with Crippen molar-refractivity contribution in [3.63, 3.8) is 0 Å². The maximum atomic E-state index is 11.0. The molecular weight excluding hydrogens is 812 g/mol. The predicted octanol–water partition coefficient (Wildman–Crippen LogP) is 13.1. The van der Waals surface area contributed by atoms with Gasteiger partial charge in [0.05, 0.1) is 38.7 Å². The Morgan fingerprint density at radius 3 is 2.17 bits per heavy atom. The van der Waals surface area contributed by atoms with E-state index in [1.165, 1.54) is 21.8 Å². The van der Waals surface area contributed by atoms with Crippen LogP contribution in [0, 0.1) is 35.0 Å². The fourth-order valence-electron chi connectivity index (χ4n) is 9.98. The molecule has 6 rings (SSSR count). The second kappa shape index (κ2) is 21.8. The molecule has 0 aromatic heterocycles. The van der Waals surface area contributed by atoms with Crippen molar-refractivity contribution in [2.45, 2.75) is 162 Å². The van der Waals surface area contributed by atoms with Gasteiger partial charge in [-0.2, -0.15) is 0 Å². The van der Waals surface area contributed by atoms with E-state index in [4.69, 9.17) is 21.3 Å². The van der Waals surface area contributed by atoms with E-state index in [0.29, 0.717) is 30.9 Å². The first-order valence-corrected chi connectivity index (χ1v) is 27.3. The molecule has 0 radical (unpaired) electrons. The van der Waals surface area contributed by atoms with Gasteiger partial charge in [-0.15, -0.1) is 0 Å². The van der Waals surface area contributed by atoms with E-state index in [-0.39, 0.29) is 34.3 Å². The molecule has 3 N–H and O–H groups in total. The Morgan fingerprint density at radius 2 is 1.57 bits per heavy atom. The van der Waals surface area contributed by atoms with Gasteiger partial charge in [0.1, 0.15) is 0 Å². The van der Waals surface area contributed by atoms with Crippen LogP contribution in [-0.2, 0) is 8.95 Å². The SMILES string of the molecule is C=C1/C(=C\COP(c2ccccc2)c2ccccc2)C[C@H](C)C[C@@H]1O[Si](C)(C)C(C)(C)C.[2H]C([2H])([2H])[C@@H](/C=C/[C@@H](C)[C@H]1CC[C@H]2/C(=C/C=C3/C[C@H](O)C[C@H](O)C3=C)CCC[C@]12C)C(O)(C([2H])([2H])[2H])C([2H])([2H])[2H]. The van der Waals surface area contributed by atoms with Gasteiger partial charge in [0, 0.05) is 35.3 Å². The molecule has 2 aromatic carbocycles. The summed E-state index contributed by atoms with van der Waals surface area (Å²) in [6.07, 6.45) is 15.3. The number of aliphatic hydroxyl groups is 3. The number of rotatable bonds is 12. The number of benzene rings is 2. The van der Waals surface area contributed by atoms with Crippen LogP contribution in [0.4, 0.5) is 0 Å². The number of allylic oxidation sites excluding steroid dienone is 4. The summed E-state index contributed by atoms with van der Waals surface area (Å²) in [4.78, 5) is 0. The highest BCUT2D eigenvalue weighted by molar-refractivity contribution is 7.68. The van der Waals surface area contributed by atoms with Crippen molar-refractivity contribution in [1.82, 2.24) is 0 Å². The maximum Gasteiger partial charge on any atom is 0.192 e. The fourth-order valence-corrected chi connectivity index (χ4v) is 13.0. The first kappa shape index (κ1) is 39.5. The Hall–Kier alpha value is -2.67. The number of hydrogen-bond donors (Lipinski definition) is 3. The topological polar surface area (TPSA) is 79.2 Å². The summed E-state index contributed by atoms with van der Waals surface area (Å²) in [6, 6.07) is 21.1. The Balaban J connectivity index is 0.000000274. The van der Waals surface area contributed by atoms with Crippen molar-refractivity contribution < 1.29 is 36.6 Å². The Morgan fingerprint density at radius 1 is 0.921 bits per heavy atom. The molecule has 4 aliphatic carbocycles. The van der Waals surface area contributed by atoms with Crippen LogP contribution in [0.2, 0.25) is 18.1 Å². The molecule has 7 heteroatoms. The highest BCUT2D eigenvalue weighted by Gasteiger charge is 2.50. The summed E-state index contributed by atoms with van der Waals surface area (Å²) < 4.78 is 83.4. The fraction of sp³-hybridized carbons (Fsp3) is 0.571. The molecule has 0 bridgehead atoms. The molecule has 5 nitrogen and oxygen atoms in total. The minimum Gasteiger partial charge on any atom is -0.410 e. The molecule has 4 saturated carbocycles. The van der Waals surface area contributed by atoms with Crippen LogP contribution in [0.15, 0.2) is 132 Å². The largest absolute Gasteiger partial charge is 0.410 e. The van der Waals surface area contributed by atoms with Gasteiger partial charge in [-0.1, -0.05) is 158 Å². The van der Waals surface area contributed by atoms with E-state index in [9.17, 15) is 15.3 Å². The lowest BCUT2D eigenvalue weighted by atomic mass is 9.61.